The van der Waals surface area contributed by atoms with Gasteiger partial charge >= 0.3 is 0 Å². The van der Waals surface area contributed by atoms with E-state index >= 15 is 0 Å². The average molecular weight is 286 g/mol. The van der Waals surface area contributed by atoms with Gasteiger partial charge in [0.1, 0.15) is 5.82 Å². The van der Waals surface area contributed by atoms with Crippen LogP contribution in [-0.4, -0.2) is 21.0 Å². The number of sulfonamides is 1. The number of benzene rings is 1. The van der Waals surface area contributed by atoms with Gasteiger partial charge in [-0.05, 0) is 43.4 Å². The third kappa shape index (κ3) is 3.99. The molecule has 1 aromatic rings. The molecule has 0 radical (unpaired) electrons. The van der Waals surface area contributed by atoms with Crippen LogP contribution in [0.5, 0.6) is 0 Å². The van der Waals surface area contributed by atoms with Crippen LogP contribution in [-0.2, 0) is 10.0 Å². The number of halogens is 1. The van der Waals surface area contributed by atoms with Crippen LogP contribution < -0.4 is 10.5 Å². The average Bonchev–Trinajstić information content (AvgIpc) is 2.37. The monoisotopic (exact) mass is 286 g/mol. The lowest BCUT2D eigenvalue weighted by molar-refractivity contribution is 0.322. The smallest absolute Gasteiger partial charge is 0.240 e. The fraction of sp³-hybridized carbons (Fsp3) is 0.538. The molecule has 2 atom stereocenters. The second kappa shape index (κ2) is 5.98. The van der Waals surface area contributed by atoms with Crippen molar-refractivity contribution in [2.45, 2.75) is 36.6 Å². The molecule has 0 amide bonds. The molecular formula is C13H19FN2O2S. The summed E-state index contributed by atoms with van der Waals surface area (Å²) in [6.45, 7) is 0.368. The van der Waals surface area contributed by atoms with Gasteiger partial charge in [-0.3, -0.25) is 0 Å². The molecule has 1 aromatic carbocycles. The summed E-state index contributed by atoms with van der Waals surface area (Å²) < 4.78 is 39.6. The maximum Gasteiger partial charge on any atom is 0.240 e. The molecule has 2 rings (SSSR count). The second-order valence-electron chi connectivity index (χ2n) is 5.10. The Morgan fingerprint density at radius 2 is 2.16 bits per heavy atom. The van der Waals surface area contributed by atoms with E-state index in [0.29, 0.717) is 6.54 Å². The SMILES string of the molecule is NC1CCCC(CNS(=O)(=O)c2cccc(F)c2)C1. The first-order valence-corrected chi connectivity index (χ1v) is 7.96. The molecule has 0 aliphatic heterocycles. The van der Waals surface area contributed by atoms with Crippen molar-refractivity contribution in [2.24, 2.45) is 11.7 Å². The summed E-state index contributed by atoms with van der Waals surface area (Å²) >= 11 is 0. The molecule has 1 aliphatic rings. The lowest BCUT2D eigenvalue weighted by Crippen LogP contribution is -2.35. The summed E-state index contributed by atoms with van der Waals surface area (Å²) in [6, 6.07) is 5.18. The molecule has 4 nitrogen and oxygen atoms in total. The molecule has 0 heterocycles. The van der Waals surface area contributed by atoms with Crippen molar-refractivity contribution in [3.05, 3.63) is 30.1 Å². The van der Waals surface area contributed by atoms with Gasteiger partial charge in [0, 0.05) is 12.6 Å². The van der Waals surface area contributed by atoms with Gasteiger partial charge in [-0.1, -0.05) is 12.5 Å². The topological polar surface area (TPSA) is 72.2 Å². The van der Waals surface area contributed by atoms with Crippen molar-refractivity contribution >= 4 is 10.0 Å². The van der Waals surface area contributed by atoms with Crippen LogP contribution in [0.2, 0.25) is 0 Å². The fourth-order valence-electron chi connectivity index (χ4n) is 2.46. The maximum atomic E-state index is 13.0. The summed E-state index contributed by atoms with van der Waals surface area (Å²) in [7, 11) is -3.63. The van der Waals surface area contributed by atoms with E-state index in [1.165, 1.54) is 18.2 Å². The molecule has 1 fully saturated rings. The highest BCUT2D eigenvalue weighted by Crippen LogP contribution is 2.23. The molecular weight excluding hydrogens is 267 g/mol. The van der Waals surface area contributed by atoms with E-state index in [4.69, 9.17) is 5.73 Å². The van der Waals surface area contributed by atoms with Gasteiger partial charge in [-0.25, -0.2) is 17.5 Å². The Balaban J connectivity index is 1.98. The number of rotatable bonds is 4. The zero-order chi connectivity index (χ0) is 13.9. The Labute approximate surface area is 113 Å². The number of hydrogen-bond donors (Lipinski definition) is 2. The van der Waals surface area contributed by atoms with Crippen molar-refractivity contribution in [2.75, 3.05) is 6.54 Å². The third-order valence-electron chi connectivity index (χ3n) is 3.49. The Bertz CT molecular complexity index is 533. The third-order valence-corrected chi connectivity index (χ3v) is 4.91. The van der Waals surface area contributed by atoms with E-state index in [1.54, 1.807) is 0 Å². The molecule has 106 valence electrons. The van der Waals surface area contributed by atoms with Gasteiger partial charge in [0.15, 0.2) is 0 Å². The van der Waals surface area contributed by atoms with E-state index < -0.39 is 15.8 Å². The van der Waals surface area contributed by atoms with Crippen molar-refractivity contribution in [1.82, 2.24) is 4.72 Å². The molecule has 0 saturated heterocycles. The largest absolute Gasteiger partial charge is 0.328 e. The zero-order valence-corrected chi connectivity index (χ0v) is 11.5. The van der Waals surface area contributed by atoms with E-state index in [0.717, 1.165) is 31.7 Å². The van der Waals surface area contributed by atoms with Gasteiger partial charge in [0.05, 0.1) is 4.90 Å². The van der Waals surface area contributed by atoms with E-state index in [9.17, 15) is 12.8 Å². The minimum Gasteiger partial charge on any atom is -0.328 e. The maximum absolute atomic E-state index is 13.0. The predicted octanol–water partition coefficient (Wildman–Crippen LogP) is 1.62. The van der Waals surface area contributed by atoms with E-state index in [1.807, 2.05) is 0 Å². The van der Waals surface area contributed by atoms with Crippen molar-refractivity contribution in [3.63, 3.8) is 0 Å². The molecule has 6 heteroatoms. The van der Waals surface area contributed by atoms with E-state index in [2.05, 4.69) is 4.72 Å². The van der Waals surface area contributed by atoms with Crippen LogP contribution in [0, 0.1) is 11.7 Å². The zero-order valence-electron chi connectivity index (χ0n) is 10.7. The molecule has 1 saturated carbocycles. The van der Waals surface area contributed by atoms with Gasteiger partial charge in [-0.15, -0.1) is 0 Å². The van der Waals surface area contributed by atoms with Gasteiger partial charge < -0.3 is 5.73 Å². The van der Waals surface area contributed by atoms with Gasteiger partial charge in [-0.2, -0.15) is 0 Å². The van der Waals surface area contributed by atoms with Gasteiger partial charge in [0.2, 0.25) is 10.0 Å². The molecule has 0 bridgehead atoms. The molecule has 1 aliphatic carbocycles. The van der Waals surface area contributed by atoms with Gasteiger partial charge in [0.25, 0.3) is 0 Å². The Kier molecular flexibility index (Phi) is 4.54. The first kappa shape index (κ1) is 14.4. The van der Waals surface area contributed by atoms with Crippen LogP contribution in [0.1, 0.15) is 25.7 Å². The highest BCUT2D eigenvalue weighted by Gasteiger charge is 2.22. The Morgan fingerprint density at radius 3 is 2.84 bits per heavy atom. The summed E-state index contributed by atoms with van der Waals surface area (Å²) in [5.41, 5.74) is 5.87. The van der Waals surface area contributed by atoms with Crippen LogP contribution >= 0.6 is 0 Å². The minimum atomic E-state index is -3.63. The standard InChI is InChI=1S/C13H19FN2O2S/c14-11-4-2-6-13(8-11)19(17,18)16-9-10-3-1-5-12(15)7-10/h2,4,6,8,10,12,16H,1,3,5,7,9,15H2. The minimum absolute atomic E-state index is 0.0346. The quantitative estimate of drug-likeness (QED) is 0.883. The molecule has 3 N–H and O–H groups in total. The van der Waals surface area contributed by atoms with Crippen LogP contribution in [0.3, 0.4) is 0 Å². The highest BCUT2D eigenvalue weighted by atomic mass is 32.2. The predicted molar refractivity (Wildman–Crippen MR) is 71.5 cm³/mol. The Morgan fingerprint density at radius 1 is 1.37 bits per heavy atom. The molecule has 19 heavy (non-hydrogen) atoms. The fourth-order valence-corrected chi connectivity index (χ4v) is 3.61. The highest BCUT2D eigenvalue weighted by molar-refractivity contribution is 7.89. The van der Waals surface area contributed by atoms with Crippen LogP contribution in [0.4, 0.5) is 4.39 Å². The summed E-state index contributed by atoms with van der Waals surface area (Å²) in [5, 5.41) is 0. The molecule has 2 unspecified atom stereocenters. The second-order valence-corrected chi connectivity index (χ2v) is 6.87. The van der Waals surface area contributed by atoms with Crippen molar-refractivity contribution < 1.29 is 12.8 Å². The Hall–Kier alpha value is -0.980. The van der Waals surface area contributed by atoms with E-state index in [-0.39, 0.29) is 16.9 Å². The molecule has 0 spiro atoms. The summed E-state index contributed by atoms with van der Waals surface area (Å²) in [5.74, 6) is -0.283. The number of nitrogens with two attached hydrogens (primary N) is 1. The lowest BCUT2D eigenvalue weighted by Gasteiger charge is -2.26. The lowest BCUT2D eigenvalue weighted by atomic mass is 9.86. The van der Waals surface area contributed by atoms with Crippen molar-refractivity contribution in [3.8, 4) is 0 Å². The van der Waals surface area contributed by atoms with Crippen LogP contribution in [0.15, 0.2) is 29.2 Å². The first-order valence-electron chi connectivity index (χ1n) is 6.48. The summed E-state index contributed by atoms with van der Waals surface area (Å²) in [4.78, 5) is -0.0346. The number of hydrogen-bond acceptors (Lipinski definition) is 3. The molecule has 0 aromatic heterocycles. The number of nitrogens with one attached hydrogen (secondary N) is 1. The normalized spacial score (nSPS) is 24.3. The first-order chi connectivity index (χ1) is 8.97. The van der Waals surface area contributed by atoms with Crippen LogP contribution in [0.25, 0.3) is 0 Å². The van der Waals surface area contributed by atoms with Crippen molar-refractivity contribution in [1.29, 1.82) is 0 Å². The summed E-state index contributed by atoms with van der Waals surface area (Å²) in [6.07, 6.45) is 3.87.